The molecular formula is C18H17NO6. The van der Waals surface area contributed by atoms with Crippen molar-refractivity contribution in [3.63, 3.8) is 0 Å². The first-order valence-corrected chi connectivity index (χ1v) is 7.39. The van der Waals surface area contributed by atoms with Gasteiger partial charge in [-0.15, -0.1) is 0 Å². The summed E-state index contributed by atoms with van der Waals surface area (Å²) in [4.78, 5) is 34.1. The molecular weight excluding hydrogens is 326 g/mol. The number of aldehydes is 1. The molecule has 2 aromatic carbocycles. The summed E-state index contributed by atoms with van der Waals surface area (Å²) in [5, 5.41) is 2.59. The quantitative estimate of drug-likeness (QED) is 0.583. The van der Waals surface area contributed by atoms with E-state index in [0.717, 1.165) is 0 Å². The molecule has 1 N–H and O–H groups in total. The first-order valence-electron chi connectivity index (χ1n) is 7.39. The molecule has 0 spiro atoms. The third kappa shape index (κ3) is 5.65. The van der Waals surface area contributed by atoms with E-state index in [1.807, 2.05) is 6.07 Å². The van der Waals surface area contributed by atoms with Crippen molar-refractivity contribution in [1.82, 2.24) is 0 Å². The molecule has 130 valence electrons. The first kappa shape index (κ1) is 18.0. The normalized spacial score (nSPS) is 9.80. The van der Waals surface area contributed by atoms with Gasteiger partial charge in [-0.3, -0.25) is 9.59 Å². The number of methoxy groups -OCH3 is 1. The molecule has 0 aliphatic carbocycles. The van der Waals surface area contributed by atoms with E-state index in [9.17, 15) is 14.4 Å². The minimum atomic E-state index is -0.704. The number of hydrogen-bond donors (Lipinski definition) is 1. The van der Waals surface area contributed by atoms with Gasteiger partial charge in [0.05, 0.1) is 7.11 Å². The summed E-state index contributed by atoms with van der Waals surface area (Å²) in [6, 6.07) is 13.3. The van der Waals surface area contributed by atoms with Crippen molar-refractivity contribution in [2.24, 2.45) is 0 Å². The molecule has 2 rings (SSSR count). The van der Waals surface area contributed by atoms with Crippen LogP contribution in [0.25, 0.3) is 0 Å². The average molecular weight is 343 g/mol. The van der Waals surface area contributed by atoms with E-state index >= 15 is 0 Å². The number of esters is 1. The number of para-hydroxylation sites is 1. The van der Waals surface area contributed by atoms with E-state index in [1.165, 1.54) is 25.3 Å². The highest BCUT2D eigenvalue weighted by Crippen LogP contribution is 2.27. The maximum atomic E-state index is 11.7. The van der Waals surface area contributed by atoms with Crippen LogP contribution in [0, 0.1) is 0 Å². The molecule has 0 saturated heterocycles. The molecule has 0 bridgehead atoms. The van der Waals surface area contributed by atoms with E-state index < -0.39 is 25.1 Å². The van der Waals surface area contributed by atoms with Crippen LogP contribution in [0.4, 0.5) is 5.69 Å². The minimum Gasteiger partial charge on any atom is -0.493 e. The summed E-state index contributed by atoms with van der Waals surface area (Å²) in [6.07, 6.45) is 0.673. The van der Waals surface area contributed by atoms with E-state index in [4.69, 9.17) is 14.2 Å². The Morgan fingerprint density at radius 3 is 2.48 bits per heavy atom. The number of benzene rings is 2. The zero-order valence-corrected chi connectivity index (χ0v) is 13.6. The molecule has 7 heteroatoms. The van der Waals surface area contributed by atoms with E-state index in [1.54, 1.807) is 24.3 Å². The monoisotopic (exact) mass is 343 g/mol. The molecule has 0 heterocycles. The SMILES string of the molecule is COc1cc(C=O)ccc1OCC(=O)OCC(=O)Nc1ccccc1. The average Bonchev–Trinajstić information content (AvgIpc) is 2.65. The fraction of sp³-hybridized carbons (Fsp3) is 0.167. The van der Waals surface area contributed by atoms with Gasteiger partial charge in [0.25, 0.3) is 5.91 Å². The fourth-order valence-corrected chi connectivity index (χ4v) is 1.92. The lowest BCUT2D eigenvalue weighted by Crippen LogP contribution is -2.23. The van der Waals surface area contributed by atoms with Crippen molar-refractivity contribution >= 4 is 23.9 Å². The van der Waals surface area contributed by atoms with Gasteiger partial charge in [-0.25, -0.2) is 4.79 Å². The largest absolute Gasteiger partial charge is 0.493 e. The van der Waals surface area contributed by atoms with Gasteiger partial charge in [0.2, 0.25) is 0 Å². The van der Waals surface area contributed by atoms with Crippen LogP contribution in [-0.4, -0.2) is 38.5 Å². The maximum Gasteiger partial charge on any atom is 0.344 e. The van der Waals surface area contributed by atoms with Gasteiger partial charge < -0.3 is 19.5 Å². The zero-order valence-electron chi connectivity index (χ0n) is 13.6. The van der Waals surface area contributed by atoms with Crippen LogP contribution >= 0.6 is 0 Å². The molecule has 0 unspecified atom stereocenters. The van der Waals surface area contributed by atoms with E-state index in [-0.39, 0.29) is 0 Å². The Balaban J connectivity index is 1.79. The van der Waals surface area contributed by atoms with E-state index in [2.05, 4.69) is 5.32 Å². The molecule has 2 aromatic rings. The summed E-state index contributed by atoms with van der Waals surface area (Å²) < 4.78 is 15.2. The van der Waals surface area contributed by atoms with Gasteiger partial charge in [-0.2, -0.15) is 0 Å². The van der Waals surface area contributed by atoms with Gasteiger partial charge in [0.15, 0.2) is 24.7 Å². The van der Waals surface area contributed by atoms with Crippen LogP contribution in [0.5, 0.6) is 11.5 Å². The Kier molecular flexibility index (Phi) is 6.53. The summed E-state index contributed by atoms with van der Waals surface area (Å²) >= 11 is 0. The van der Waals surface area contributed by atoms with Crippen LogP contribution in [0.1, 0.15) is 10.4 Å². The van der Waals surface area contributed by atoms with Crippen molar-refractivity contribution in [3.8, 4) is 11.5 Å². The third-order valence-electron chi connectivity index (χ3n) is 3.09. The van der Waals surface area contributed by atoms with Crippen LogP contribution in [0.3, 0.4) is 0 Å². The topological polar surface area (TPSA) is 90.9 Å². The third-order valence-corrected chi connectivity index (χ3v) is 3.09. The van der Waals surface area contributed by atoms with Gasteiger partial charge in [-0.1, -0.05) is 18.2 Å². The number of hydrogen-bond acceptors (Lipinski definition) is 6. The second-order valence-corrected chi connectivity index (χ2v) is 4.89. The van der Waals surface area contributed by atoms with Crippen LogP contribution in [-0.2, 0) is 14.3 Å². The second-order valence-electron chi connectivity index (χ2n) is 4.89. The Morgan fingerprint density at radius 2 is 1.80 bits per heavy atom. The second kappa shape index (κ2) is 9.07. The van der Waals surface area contributed by atoms with Crippen LogP contribution in [0.15, 0.2) is 48.5 Å². The molecule has 0 aliphatic heterocycles. The molecule has 25 heavy (non-hydrogen) atoms. The van der Waals surface area contributed by atoms with E-state index in [0.29, 0.717) is 29.0 Å². The standard InChI is InChI=1S/C18H17NO6/c1-23-16-9-13(10-20)7-8-15(16)24-12-18(22)25-11-17(21)19-14-5-3-2-4-6-14/h2-10H,11-12H2,1H3,(H,19,21). The van der Waals surface area contributed by atoms with Crippen molar-refractivity contribution in [2.45, 2.75) is 0 Å². The molecule has 0 aliphatic rings. The first-order chi connectivity index (χ1) is 12.1. The van der Waals surface area contributed by atoms with Crippen molar-refractivity contribution in [1.29, 1.82) is 0 Å². The van der Waals surface area contributed by atoms with Crippen LogP contribution < -0.4 is 14.8 Å². The molecule has 0 fully saturated rings. The van der Waals surface area contributed by atoms with Gasteiger partial charge in [0.1, 0.15) is 6.29 Å². The van der Waals surface area contributed by atoms with Gasteiger partial charge >= 0.3 is 5.97 Å². The highest BCUT2D eigenvalue weighted by molar-refractivity contribution is 5.92. The van der Waals surface area contributed by atoms with Crippen molar-refractivity contribution < 1.29 is 28.6 Å². The number of ether oxygens (including phenoxy) is 3. The Morgan fingerprint density at radius 1 is 1.04 bits per heavy atom. The number of rotatable bonds is 8. The molecule has 0 radical (unpaired) electrons. The zero-order chi connectivity index (χ0) is 18.1. The van der Waals surface area contributed by atoms with Crippen molar-refractivity contribution in [3.05, 3.63) is 54.1 Å². The molecule has 1 amide bonds. The fourth-order valence-electron chi connectivity index (χ4n) is 1.92. The lowest BCUT2D eigenvalue weighted by molar-refractivity contribution is -0.149. The van der Waals surface area contributed by atoms with Crippen molar-refractivity contribution in [2.75, 3.05) is 25.6 Å². The number of carbonyl (C=O) groups excluding carboxylic acids is 3. The minimum absolute atomic E-state index is 0.291. The van der Waals surface area contributed by atoms with Gasteiger partial charge in [0, 0.05) is 11.3 Å². The lowest BCUT2D eigenvalue weighted by Gasteiger charge is -2.11. The Hall–Kier alpha value is -3.35. The molecule has 0 saturated carbocycles. The predicted molar refractivity (Wildman–Crippen MR) is 89.9 cm³/mol. The number of nitrogens with one attached hydrogen (secondary N) is 1. The highest BCUT2D eigenvalue weighted by atomic mass is 16.6. The predicted octanol–water partition coefficient (Wildman–Crippen LogP) is 2.07. The lowest BCUT2D eigenvalue weighted by atomic mass is 10.2. The number of carbonyl (C=O) groups is 3. The summed E-state index contributed by atoms with van der Waals surface area (Å²) in [5.41, 5.74) is 1.03. The Bertz CT molecular complexity index is 744. The molecule has 7 nitrogen and oxygen atoms in total. The summed E-state index contributed by atoms with van der Waals surface area (Å²) in [7, 11) is 1.42. The van der Waals surface area contributed by atoms with Crippen LogP contribution in [0.2, 0.25) is 0 Å². The summed E-state index contributed by atoms with van der Waals surface area (Å²) in [5.74, 6) is -0.546. The number of amides is 1. The highest BCUT2D eigenvalue weighted by Gasteiger charge is 2.11. The Labute approximate surface area is 144 Å². The summed E-state index contributed by atoms with van der Waals surface area (Å²) in [6.45, 7) is -0.812. The smallest absolute Gasteiger partial charge is 0.344 e. The number of anilines is 1. The maximum absolute atomic E-state index is 11.7. The van der Waals surface area contributed by atoms with Gasteiger partial charge in [-0.05, 0) is 30.3 Å². The molecule has 0 atom stereocenters. The molecule has 0 aromatic heterocycles.